The van der Waals surface area contributed by atoms with Gasteiger partial charge in [0.05, 0.1) is 0 Å². The van der Waals surface area contributed by atoms with Gasteiger partial charge in [-0.2, -0.15) is 0 Å². The van der Waals surface area contributed by atoms with Gasteiger partial charge in [-0.15, -0.1) is 0 Å². The van der Waals surface area contributed by atoms with E-state index in [1.165, 1.54) is 6.07 Å². The van der Waals surface area contributed by atoms with E-state index in [0.717, 1.165) is 16.6 Å². The molecule has 116 valence electrons. The summed E-state index contributed by atoms with van der Waals surface area (Å²) in [5.74, 6) is 0.209. The highest BCUT2D eigenvalue weighted by atomic mass is 16.5. The van der Waals surface area contributed by atoms with Crippen molar-refractivity contribution in [1.29, 1.82) is 0 Å². The Morgan fingerprint density at radius 3 is 2.74 bits per heavy atom. The number of rotatable bonds is 4. The summed E-state index contributed by atoms with van der Waals surface area (Å²) in [6.07, 6.45) is 0. The fourth-order valence-corrected chi connectivity index (χ4v) is 2.18. The van der Waals surface area contributed by atoms with E-state index in [9.17, 15) is 9.59 Å². The predicted octanol–water partition coefficient (Wildman–Crippen LogP) is 3.12. The lowest BCUT2D eigenvalue weighted by atomic mass is 10.2. The van der Waals surface area contributed by atoms with Gasteiger partial charge in [-0.05, 0) is 36.8 Å². The zero-order valence-electron chi connectivity index (χ0n) is 12.5. The standard InChI is InChI=1S/C18H15NO4/c1-12-4-2-3-5-15(12)19-17(20)11-22-14-8-6-13-7-9-18(21)23-16(13)10-14/h2-10H,11H2,1H3,(H,19,20). The zero-order chi connectivity index (χ0) is 16.2. The van der Waals surface area contributed by atoms with Crippen molar-refractivity contribution in [2.45, 2.75) is 6.92 Å². The number of ether oxygens (including phenoxy) is 1. The molecule has 1 heterocycles. The molecule has 0 saturated carbocycles. The lowest BCUT2D eigenvalue weighted by molar-refractivity contribution is -0.118. The van der Waals surface area contributed by atoms with Crippen molar-refractivity contribution < 1.29 is 13.9 Å². The second kappa shape index (κ2) is 6.36. The summed E-state index contributed by atoms with van der Waals surface area (Å²) < 4.78 is 10.5. The molecule has 3 aromatic rings. The SMILES string of the molecule is Cc1ccccc1NC(=O)COc1ccc2ccc(=O)oc2c1. The summed E-state index contributed by atoms with van der Waals surface area (Å²) in [4.78, 5) is 23.2. The highest BCUT2D eigenvalue weighted by molar-refractivity contribution is 5.92. The van der Waals surface area contributed by atoms with E-state index < -0.39 is 5.63 Å². The van der Waals surface area contributed by atoms with Gasteiger partial charge < -0.3 is 14.5 Å². The molecule has 0 aliphatic rings. The van der Waals surface area contributed by atoms with Gasteiger partial charge in [0.1, 0.15) is 11.3 Å². The molecule has 0 saturated heterocycles. The minimum atomic E-state index is -0.424. The second-order valence-electron chi connectivity index (χ2n) is 5.11. The average Bonchev–Trinajstić information content (AvgIpc) is 2.54. The van der Waals surface area contributed by atoms with E-state index in [0.29, 0.717) is 11.3 Å². The lowest BCUT2D eigenvalue weighted by Crippen LogP contribution is -2.20. The molecule has 0 radical (unpaired) electrons. The highest BCUT2D eigenvalue weighted by Gasteiger charge is 2.06. The summed E-state index contributed by atoms with van der Waals surface area (Å²) >= 11 is 0. The zero-order valence-corrected chi connectivity index (χ0v) is 12.5. The number of para-hydroxylation sites is 1. The van der Waals surface area contributed by atoms with Crippen LogP contribution in [0.1, 0.15) is 5.56 Å². The van der Waals surface area contributed by atoms with E-state index in [4.69, 9.17) is 9.15 Å². The number of amides is 1. The van der Waals surface area contributed by atoms with Crippen LogP contribution in [0.15, 0.2) is 63.8 Å². The molecule has 0 unspecified atom stereocenters. The van der Waals surface area contributed by atoms with Crippen LogP contribution in [-0.2, 0) is 4.79 Å². The van der Waals surface area contributed by atoms with E-state index in [1.54, 1.807) is 24.3 Å². The molecule has 2 aromatic carbocycles. The van der Waals surface area contributed by atoms with Crippen molar-refractivity contribution in [3.63, 3.8) is 0 Å². The molecule has 23 heavy (non-hydrogen) atoms. The van der Waals surface area contributed by atoms with Crippen LogP contribution < -0.4 is 15.7 Å². The van der Waals surface area contributed by atoms with Crippen molar-refractivity contribution in [2.24, 2.45) is 0 Å². The topological polar surface area (TPSA) is 68.5 Å². The number of nitrogens with one attached hydrogen (secondary N) is 1. The van der Waals surface area contributed by atoms with Crippen molar-refractivity contribution in [1.82, 2.24) is 0 Å². The van der Waals surface area contributed by atoms with Gasteiger partial charge >= 0.3 is 5.63 Å². The van der Waals surface area contributed by atoms with Gasteiger partial charge in [0, 0.05) is 23.2 Å². The van der Waals surface area contributed by atoms with Crippen LogP contribution in [0.25, 0.3) is 11.0 Å². The number of carbonyl (C=O) groups excluding carboxylic acids is 1. The first-order valence-corrected chi connectivity index (χ1v) is 7.14. The number of hydrogen-bond donors (Lipinski definition) is 1. The minimum Gasteiger partial charge on any atom is -0.484 e. The number of benzene rings is 2. The van der Waals surface area contributed by atoms with Crippen molar-refractivity contribution >= 4 is 22.6 Å². The smallest absolute Gasteiger partial charge is 0.336 e. The predicted molar refractivity (Wildman–Crippen MR) is 87.8 cm³/mol. The van der Waals surface area contributed by atoms with Gasteiger partial charge in [-0.25, -0.2) is 4.79 Å². The Bertz CT molecular complexity index is 914. The molecule has 5 nitrogen and oxygen atoms in total. The molecule has 0 atom stereocenters. The van der Waals surface area contributed by atoms with Crippen molar-refractivity contribution in [2.75, 3.05) is 11.9 Å². The average molecular weight is 309 g/mol. The molecular formula is C18H15NO4. The van der Waals surface area contributed by atoms with Crippen LogP contribution in [-0.4, -0.2) is 12.5 Å². The molecule has 0 fully saturated rings. The Hall–Kier alpha value is -3.08. The van der Waals surface area contributed by atoms with Crippen molar-refractivity contribution in [3.8, 4) is 5.75 Å². The Morgan fingerprint density at radius 1 is 1.13 bits per heavy atom. The van der Waals surface area contributed by atoms with Gasteiger partial charge in [-0.1, -0.05) is 18.2 Å². The van der Waals surface area contributed by atoms with E-state index in [-0.39, 0.29) is 12.5 Å². The molecule has 1 aromatic heterocycles. The van der Waals surface area contributed by atoms with Crippen molar-refractivity contribution in [3.05, 3.63) is 70.6 Å². The van der Waals surface area contributed by atoms with Gasteiger partial charge in [0.2, 0.25) is 0 Å². The molecule has 0 aliphatic carbocycles. The maximum absolute atomic E-state index is 11.9. The van der Waals surface area contributed by atoms with Crippen LogP contribution in [0.5, 0.6) is 5.75 Å². The number of anilines is 1. The fourth-order valence-electron chi connectivity index (χ4n) is 2.18. The van der Waals surface area contributed by atoms with Crippen LogP contribution in [0.3, 0.4) is 0 Å². The third kappa shape index (κ3) is 3.58. The molecule has 1 amide bonds. The molecule has 5 heteroatoms. The molecule has 3 rings (SSSR count). The molecule has 0 bridgehead atoms. The lowest BCUT2D eigenvalue weighted by Gasteiger charge is -2.09. The number of hydrogen-bond acceptors (Lipinski definition) is 4. The summed E-state index contributed by atoms with van der Waals surface area (Å²) in [6, 6.07) is 15.6. The Kier molecular flexibility index (Phi) is 4.10. The normalized spacial score (nSPS) is 10.5. The fraction of sp³-hybridized carbons (Fsp3) is 0.111. The quantitative estimate of drug-likeness (QED) is 0.752. The largest absolute Gasteiger partial charge is 0.484 e. The van der Waals surface area contributed by atoms with E-state index >= 15 is 0 Å². The molecule has 0 spiro atoms. The summed E-state index contributed by atoms with van der Waals surface area (Å²) in [5, 5.41) is 3.58. The summed E-state index contributed by atoms with van der Waals surface area (Å²) in [7, 11) is 0. The van der Waals surface area contributed by atoms with Gasteiger partial charge in [0.25, 0.3) is 5.91 Å². The first kappa shape index (κ1) is 14.8. The van der Waals surface area contributed by atoms with Crippen LogP contribution in [0.2, 0.25) is 0 Å². The highest BCUT2D eigenvalue weighted by Crippen LogP contribution is 2.19. The maximum atomic E-state index is 11.9. The number of carbonyl (C=O) groups is 1. The third-order valence-corrected chi connectivity index (χ3v) is 3.38. The van der Waals surface area contributed by atoms with Crippen LogP contribution in [0.4, 0.5) is 5.69 Å². The first-order valence-electron chi connectivity index (χ1n) is 7.14. The van der Waals surface area contributed by atoms with Gasteiger partial charge in [-0.3, -0.25) is 4.79 Å². The van der Waals surface area contributed by atoms with Crippen LogP contribution in [0, 0.1) is 6.92 Å². The Balaban J connectivity index is 1.67. The second-order valence-corrected chi connectivity index (χ2v) is 5.11. The molecule has 1 N–H and O–H groups in total. The summed E-state index contributed by atoms with van der Waals surface area (Å²) in [6.45, 7) is 1.79. The molecular weight excluding hydrogens is 294 g/mol. The van der Waals surface area contributed by atoms with Crippen LogP contribution >= 0.6 is 0 Å². The number of fused-ring (bicyclic) bond motifs is 1. The molecule has 0 aliphatic heterocycles. The summed E-state index contributed by atoms with van der Waals surface area (Å²) in [5.41, 5.74) is 1.74. The third-order valence-electron chi connectivity index (χ3n) is 3.38. The van der Waals surface area contributed by atoms with Gasteiger partial charge in [0.15, 0.2) is 6.61 Å². The Labute approximate surface area is 132 Å². The van der Waals surface area contributed by atoms with E-state index in [1.807, 2.05) is 31.2 Å². The first-order chi connectivity index (χ1) is 11.1. The Morgan fingerprint density at radius 2 is 1.91 bits per heavy atom. The minimum absolute atomic E-state index is 0.128. The monoisotopic (exact) mass is 309 g/mol. The van der Waals surface area contributed by atoms with E-state index in [2.05, 4.69) is 5.32 Å². The number of aryl methyl sites for hydroxylation is 1. The maximum Gasteiger partial charge on any atom is 0.336 e.